The van der Waals surface area contributed by atoms with Gasteiger partial charge in [0.15, 0.2) is 0 Å². The van der Waals surface area contributed by atoms with Crippen LogP contribution in [0.4, 0.5) is 5.69 Å². The van der Waals surface area contributed by atoms with Crippen LogP contribution in [0.5, 0.6) is 0 Å². The second-order valence-corrected chi connectivity index (χ2v) is 4.84. The Morgan fingerprint density at radius 3 is 2.43 bits per heavy atom. The zero-order valence-electron chi connectivity index (χ0n) is 8.76. The first-order valence-electron chi connectivity index (χ1n) is 4.82. The molecule has 14 heavy (non-hydrogen) atoms. The molecule has 78 valence electrons. The van der Waals surface area contributed by atoms with Gasteiger partial charge in [-0.2, -0.15) is 0 Å². The van der Waals surface area contributed by atoms with Crippen LogP contribution >= 0.6 is 22.6 Å². The minimum atomic E-state index is 1.04. The Balaban J connectivity index is 2.21. The van der Waals surface area contributed by atoms with Crippen LogP contribution in [0.15, 0.2) is 24.3 Å². The highest BCUT2D eigenvalue weighted by Gasteiger charge is 1.92. The van der Waals surface area contributed by atoms with Gasteiger partial charge in [0.05, 0.1) is 0 Å². The van der Waals surface area contributed by atoms with Crippen molar-refractivity contribution in [2.45, 2.75) is 6.42 Å². The molecule has 0 heterocycles. The molecule has 1 aromatic carbocycles. The lowest BCUT2D eigenvalue weighted by Crippen LogP contribution is -2.16. The smallest absolute Gasteiger partial charge is 0.0340 e. The fourth-order valence-electron chi connectivity index (χ4n) is 1.20. The molecule has 0 bridgehead atoms. The molecule has 1 rings (SSSR count). The lowest BCUT2D eigenvalue weighted by atomic mass is 10.3. The van der Waals surface area contributed by atoms with E-state index in [0.717, 1.165) is 13.1 Å². The van der Waals surface area contributed by atoms with Crippen LogP contribution in [0.25, 0.3) is 0 Å². The highest BCUT2D eigenvalue weighted by atomic mass is 127. The van der Waals surface area contributed by atoms with E-state index in [1.807, 2.05) is 0 Å². The van der Waals surface area contributed by atoms with Crippen molar-refractivity contribution in [3.05, 3.63) is 27.8 Å². The molecule has 0 unspecified atom stereocenters. The summed E-state index contributed by atoms with van der Waals surface area (Å²) in [5, 5.41) is 3.40. The molecule has 0 spiro atoms. The Kier molecular flexibility index (Phi) is 5.25. The lowest BCUT2D eigenvalue weighted by Gasteiger charge is -2.10. The summed E-state index contributed by atoms with van der Waals surface area (Å²) in [5.41, 5.74) is 1.21. The monoisotopic (exact) mass is 304 g/mol. The second-order valence-electron chi connectivity index (χ2n) is 3.59. The number of anilines is 1. The van der Waals surface area contributed by atoms with Crippen LogP contribution in [0, 0.1) is 3.57 Å². The lowest BCUT2D eigenvalue weighted by molar-refractivity contribution is 0.405. The largest absolute Gasteiger partial charge is 0.385 e. The summed E-state index contributed by atoms with van der Waals surface area (Å²) in [7, 11) is 4.20. The number of halogens is 1. The van der Waals surface area contributed by atoms with Gasteiger partial charge in [0.25, 0.3) is 0 Å². The molecule has 0 fully saturated rings. The molecule has 0 aliphatic carbocycles. The molecular weight excluding hydrogens is 287 g/mol. The molecule has 3 heteroatoms. The van der Waals surface area contributed by atoms with Crippen LogP contribution < -0.4 is 5.32 Å². The van der Waals surface area contributed by atoms with E-state index in [9.17, 15) is 0 Å². The zero-order chi connectivity index (χ0) is 10.4. The first kappa shape index (κ1) is 11.8. The molecular formula is C11H17IN2. The van der Waals surface area contributed by atoms with E-state index in [4.69, 9.17) is 0 Å². The quantitative estimate of drug-likeness (QED) is 0.664. The number of rotatable bonds is 5. The van der Waals surface area contributed by atoms with Crippen molar-refractivity contribution in [2.24, 2.45) is 0 Å². The topological polar surface area (TPSA) is 15.3 Å². The van der Waals surface area contributed by atoms with Crippen molar-refractivity contribution in [3.8, 4) is 0 Å². The van der Waals surface area contributed by atoms with Crippen molar-refractivity contribution in [3.63, 3.8) is 0 Å². The molecule has 1 N–H and O–H groups in total. The SMILES string of the molecule is CN(C)CCCNc1ccc(I)cc1. The maximum Gasteiger partial charge on any atom is 0.0340 e. The molecule has 0 radical (unpaired) electrons. The van der Waals surface area contributed by atoms with E-state index in [-0.39, 0.29) is 0 Å². The third-order valence-electron chi connectivity index (χ3n) is 1.96. The standard InChI is InChI=1S/C11H17IN2/c1-14(2)9-3-8-13-11-6-4-10(12)5-7-11/h4-7,13H,3,8-9H2,1-2H3. The predicted molar refractivity (Wildman–Crippen MR) is 70.8 cm³/mol. The Bertz CT molecular complexity index is 256. The Hall–Kier alpha value is -0.290. The summed E-state index contributed by atoms with van der Waals surface area (Å²) >= 11 is 2.32. The van der Waals surface area contributed by atoms with Crippen molar-refractivity contribution >= 4 is 28.3 Å². The van der Waals surface area contributed by atoms with Gasteiger partial charge in [-0.3, -0.25) is 0 Å². The van der Waals surface area contributed by atoms with Crippen molar-refractivity contribution < 1.29 is 0 Å². The van der Waals surface area contributed by atoms with Gasteiger partial charge in [-0.15, -0.1) is 0 Å². The van der Waals surface area contributed by atoms with Gasteiger partial charge in [-0.1, -0.05) is 0 Å². The normalized spacial score (nSPS) is 10.6. The fraction of sp³-hybridized carbons (Fsp3) is 0.455. The summed E-state index contributed by atoms with van der Waals surface area (Å²) < 4.78 is 1.28. The molecule has 0 saturated carbocycles. The van der Waals surface area contributed by atoms with E-state index in [1.54, 1.807) is 0 Å². The van der Waals surface area contributed by atoms with Crippen LogP contribution in [0.2, 0.25) is 0 Å². The third-order valence-corrected chi connectivity index (χ3v) is 2.67. The van der Waals surface area contributed by atoms with Gasteiger partial charge in [0.2, 0.25) is 0 Å². The minimum absolute atomic E-state index is 1.04. The Morgan fingerprint density at radius 2 is 1.86 bits per heavy atom. The molecule has 0 amide bonds. The summed E-state index contributed by atoms with van der Waals surface area (Å²) in [6.45, 7) is 2.18. The van der Waals surface area contributed by atoms with Crippen LogP contribution in [-0.4, -0.2) is 32.1 Å². The predicted octanol–water partition coefficient (Wildman–Crippen LogP) is 2.65. The van der Waals surface area contributed by atoms with Crippen molar-refractivity contribution in [1.82, 2.24) is 4.90 Å². The summed E-state index contributed by atoms with van der Waals surface area (Å²) in [4.78, 5) is 2.20. The van der Waals surface area contributed by atoms with Crippen molar-refractivity contribution in [1.29, 1.82) is 0 Å². The second kappa shape index (κ2) is 6.24. The van der Waals surface area contributed by atoms with E-state index in [0.29, 0.717) is 0 Å². The Labute approximate surface area is 99.8 Å². The molecule has 0 aliphatic heterocycles. The van der Waals surface area contributed by atoms with Crippen LogP contribution in [0.3, 0.4) is 0 Å². The van der Waals surface area contributed by atoms with Gasteiger partial charge in [-0.25, -0.2) is 0 Å². The van der Waals surface area contributed by atoms with Crippen LogP contribution in [-0.2, 0) is 0 Å². The number of nitrogens with one attached hydrogen (secondary N) is 1. The molecule has 0 aliphatic rings. The maximum atomic E-state index is 3.40. The number of hydrogen-bond acceptors (Lipinski definition) is 2. The molecule has 1 aromatic rings. The number of nitrogens with zero attached hydrogens (tertiary/aromatic N) is 1. The fourth-order valence-corrected chi connectivity index (χ4v) is 1.56. The van der Waals surface area contributed by atoms with Gasteiger partial charge < -0.3 is 10.2 Å². The first-order chi connectivity index (χ1) is 6.68. The summed E-state index contributed by atoms with van der Waals surface area (Å²) in [5.74, 6) is 0. The van der Waals surface area contributed by atoms with Crippen LogP contribution in [0.1, 0.15) is 6.42 Å². The maximum absolute atomic E-state index is 3.40. The molecule has 2 nitrogen and oxygen atoms in total. The number of benzene rings is 1. The van der Waals surface area contributed by atoms with Gasteiger partial charge in [0.1, 0.15) is 0 Å². The van der Waals surface area contributed by atoms with E-state index in [1.165, 1.54) is 15.7 Å². The molecule has 0 atom stereocenters. The average molecular weight is 304 g/mol. The van der Waals surface area contributed by atoms with Crippen molar-refractivity contribution in [2.75, 3.05) is 32.5 Å². The number of hydrogen-bond donors (Lipinski definition) is 1. The van der Waals surface area contributed by atoms with E-state index >= 15 is 0 Å². The third kappa shape index (κ3) is 4.81. The van der Waals surface area contributed by atoms with E-state index in [2.05, 4.69) is 71.2 Å². The molecule has 0 aromatic heterocycles. The minimum Gasteiger partial charge on any atom is -0.385 e. The summed E-state index contributed by atoms with van der Waals surface area (Å²) in [6, 6.07) is 8.48. The highest BCUT2D eigenvalue weighted by molar-refractivity contribution is 14.1. The first-order valence-corrected chi connectivity index (χ1v) is 5.90. The van der Waals surface area contributed by atoms with Gasteiger partial charge in [-0.05, 0) is 73.9 Å². The van der Waals surface area contributed by atoms with Gasteiger partial charge in [0, 0.05) is 15.8 Å². The van der Waals surface area contributed by atoms with Gasteiger partial charge >= 0.3 is 0 Å². The summed E-state index contributed by atoms with van der Waals surface area (Å²) in [6.07, 6.45) is 1.18. The molecule has 0 saturated heterocycles. The average Bonchev–Trinajstić information content (AvgIpc) is 2.15. The Morgan fingerprint density at radius 1 is 1.21 bits per heavy atom. The zero-order valence-corrected chi connectivity index (χ0v) is 10.9. The highest BCUT2D eigenvalue weighted by Crippen LogP contribution is 2.10. The van der Waals surface area contributed by atoms with E-state index < -0.39 is 0 Å².